The van der Waals surface area contributed by atoms with Gasteiger partial charge in [0.15, 0.2) is 0 Å². The first-order chi connectivity index (χ1) is 10.2. The van der Waals surface area contributed by atoms with Crippen LogP contribution in [0.3, 0.4) is 0 Å². The van der Waals surface area contributed by atoms with Crippen LogP contribution in [0.15, 0.2) is 12.3 Å². The second kappa shape index (κ2) is 8.51. The summed E-state index contributed by atoms with van der Waals surface area (Å²) >= 11 is 0. The van der Waals surface area contributed by atoms with Gasteiger partial charge in [-0.05, 0) is 51.5 Å². The molecule has 2 heterocycles. The molecule has 1 aliphatic heterocycles. The summed E-state index contributed by atoms with van der Waals surface area (Å²) in [6.07, 6.45) is 10.3. The quantitative estimate of drug-likeness (QED) is 0.571. The maximum atomic E-state index is 5.78. The van der Waals surface area contributed by atoms with Crippen molar-refractivity contribution in [3.8, 4) is 0 Å². The van der Waals surface area contributed by atoms with Gasteiger partial charge in [-0.3, -0.25) is 16.0 Å². The summed E-state index contributed by atoms with van der Waals surface area (Å²) in [5.74, 6) is 5.70. The van der Waals surface area contributed by atoms with Crippen molar-refractivity contribution in [2.24, 2.45) is 5.84 Å². The first kappa shape index (κ1) is 16.5. The molecular formula is C16H30N4O. The smallest absolute Gasteiger partial charge is 0.0640 e. The Labute approximate surface area is 128 Å². The summed E-state index contributed by atoms with van der Waals surface area (Å²) in [4.78, 5) is 0. The Balaban J connectivity index is 1.79. The van der Waals surface area contributed by atoms with E-state index in [-0.39, 0.29) is 6.04 Å². The fourth-order valence-corrected chi connectivity index (χ4v) is 2.84. The molecule has 3 unspecified atom stereocenters. The highest BCUT2D eigenvalue weighted by molar-refractivity contribution is 5.02. The van der Waals surface area contributed by atoms with Crippen LogP contribution in [0.1, 0.15) is 64.1 Å². The van der Waals surface area contributed by atoms with Gasteiger partial charge in [0.1, 0.15) is 0 Å². The molecule has 5 nitrogen and oxygen atoms in total. The number of nitrogens with zero attached hydrogens (tertiary/aromatic N) is 2. The van der Waals surface area contributed by atoms with Gasteiger partial charge in [0.2, 0.25) is 0 Å². The molecule has 1 saturated heterocycles. The molecule has 1 aromatic heterocycles. The van der Waals surface area contributed by atoms with E-state index < -0.39 is 0 Å². The highest BCUT2D eigenvalue weighted by atomic mass is 16.5. The molecule has 2 rings (SSSR count). The van der Waals surface area contributed by atoms with E-state index in [0.29, 0.717) is 12.1 Å². The topological polar surface area (TPSA) is 65.1 Å². The SMILES string of the molecule is CCC(C)n1ccc(CC(CCC2CCCCO2)NN)n1. The van der Waals surface area contributed by atoms with Crippen molar-refractivity contribution < 1.29 is 4.74 Å². The molecule has 1 aliphatic rings. The van der Waals surface area contributed by atoms with Crippen molar-refractivity contribution in [2.45, 2.75) is 77.0 Å². The van der Waals surface area contributed by atoms with Gasteiger partial charge in [0.25, 0.3) is 0 Å². The minimum absolute atomic E-state index is 0.274. The molecule has 0 radical (unpaired) electrons. The van der Waals surface area contributed by atoms with Crippen LogP contribution < -0.4 is 11.3 Å². The fraction of sp³-hybridized carbons (Fsp3) is 0.812. The minimum Gasteiger partial charge on any atom is -0.378 e. The Hall–Kier alpha value is -0.910. The molecule has 0 saturated carbocycles. The number of hydrazine groups is 1. The van der Waals surface area contributed by atoms with Crippen molar-refractivity contribution in [1.29, 1.82) is 0 Å². The molecule has 0 aromatic carbocycles. The van der Waals surface area contributed by atoms with Crippen molar-refractivity contribution in [3.05, 3.63) is 18.0 Å². The van der Waals surface area contributed by atoms with E-state index in [1.807, 2.05) is 4.68 Å². The van der Waals surface area contributed by atoms with Crippen LogP contribution in [0.4, 0.5) is 0 Å². The van der Waals surface area contributed by atoms with Gasteiger partial charge < -0.3 is 4.74 Å². The molecule has 3 N–H and O–H groups in total. The number of ether oxygens (including phenoxy) is 1. The van der Waals surface area contributed by atoms with Gasteiger partial charge in [-0.15, -0.1) is 0 Å². The maximum Gasteiger partial charge on any atom is 0.0640 e. The number of nitrogens with one attached hydrogen (secondary N) is 1. The standard InChI is InChI=1S/C16H30N4O/c1-3-13(2)20-10-9-15(19-20)12-14(18-17)7-8-16-6-4-5-11-21-16/h9-10,13-14,16,18H,3-8,11-12,17H2,1-2H3. The lowest BCUT2D eigenvalue weighted by molar-refractivity contribution is 0.00857. The third kappa shape index (κ3) is 5.09. The van der Waals surface area contributed by atoms with Gasteiger partial charge in [-0.25, -0.2) is 0 Å². The van der Waals surface area contributed by atoms with E-state index in [1.54, 1.807) is 0 Å². The Bertz CT molecular complexity index is 401. The number of hydrogen-bond donors (Lipinski definition) is 2. The van der Waals surface area contributed by atoms with E-state index in [2.05, 4.69) is 36.6 Å². The second-order valence-electron chi connectivity index (χ2n) is 6.18. The summed E-state index contributed by atoms with van der Waals surface area (Å²) in [5.41, 5.74) is 4.05. The van der Waals surface area contributed by atoms with Gasteiger partial charge in [0, 0.05) is 31.3 Å². The van der Waals surface area contributed by atoms with Crippen LogP contribution in [0, 0.1) is 0 Å². The maximum absolute atomic E-state index is 5.78. The zero-order valence-electron chi connectivity index (χ0n) is 13.4. The summed E-state index contributed by atoms with van der Waals surface area (Å²) in [6, 6.07) is 2.84. The van der Waals surface area contributed by atoms with Crippen molar-refractivity contribution >= 4 is 0 Å². The number of nitrogens with two attached hydrogens (primary N) is 1. The number of aromatic nitrogens is 2. The Morgan fingerprint density at radius 3 is 3.05 bits per heavy atom. The molecule has 5 heteroatoms. The van der Waals surface area contributed by atoms with Crippen LogP contribution in [-0.2, 0) is 11.2 Å². The van der Waals surface area contributed by atoms with Gasteiger partial charge >= 0.3 is 0 Å². The van der Waals surface area contributed by atoms with Crippen LogP contribution in [0.2, 0.25) is 0 Å². The fourth-order valence-electron chi connectivity index (χ4n) is 2.84. The summed E-state index contributed by atoms with van der Waals surface area (Å²) < 4.78 is 7.83. The molecule has 0 amide bonds. The van der Waals surface area contributed by atoms with Crippen molar-refractivity contribution in [3.63, 3.8) is 0 Å². The zero-order chi connectivity index (χ0) is 15.1. The molecule has 3 atom stereocenters. The van der Waals surface area contributed by atoms with Gasteiger partial charge in [-0.1, -0.05) is 6.92 Å². The zero-order valence-corrected chi connectivity index (χ0v) is 13.4. The summed E-state index contributed by atoms with van der Waals surface area (Å²) in [7, 11) is 0. The average molecular weight is 294 g/mol. The lowest BCUT2D eigenvalue weighted by Crippen LogP contribution is -2.38. The van der Waals surface area contributed by atoms with Crippen molar-refractivity contribution in [2.75, 3.05) is 6.61 Å². The normalized spacial score (nSPS) is 22.1. The first-order valence-corrected chi connectivity index (χ1v) is 8.34. The molecule has 0 spiro atoms. The van der Waals surface area contributed by atoms with E-state index in [4.69, 9.17) is 10.6 Å². The van der Waals surface area contributed by atoms with Gasteiger partial charge in [-0.2, -0.15) is 5.10 Å². The first-order valence-electron chi connectivity index (χ1n) is 8.34. The molecule has 21 heavy (non-hydrogen) atoms. The molecule has 120 valence electrons. The van der Waals surface area contributed by atoms with Crippen LogP contribution in [0.25, 0.3) is 0 Å². The molecule has 0 aliphatic carbocycles. The van der Waals surface area contributed by atoms with E-state index in [1.165, 1.54) is 19.3 Å². The highest BCUT2D eigenvalue weighted by Crippen LogP contribution is 2.19. The lowest BCUT2D eigenvalue weighted by Gasteiger charge is -2.24. The highest BCUT2D eigenvalue weighted by Gasteiger charge is 2.17. The predicted molar refractivity (Wildman–Crippen MR) is 84.9 cm³/mol. The number of hydrogen-bond acceptors (Lipinski definition) is 4. The summed E-state index contributed by atoms with van der Waals surface area (Å²) in [5, 5.41) is 4.65. The Kier molecular flexibility index (Phi) is 6.67. The third-order valence-corrected chi connectivity index (χ3v) is 4.51. The Morgan fingerprint density at radius 2 is 2.38 bits per heavy atom. The Morgan fingerprint density at radius 1 is 1.52 bits per heavy atom. The van der Waals surface area contributed by atoms with Crippen LogP contribution >= 0.6 is 0 Å². The molecule has 0 bridgehead atoms. The minimum atomic E-state index is 0.274. The molecule has 1 fully saturated rings. The summed E-state index contributed by atoms with van der Waals surface area (Å²) in [6.45, 7) is 5.29. The van der Waals surface area contributed by atoms with Crippen molar-refractivity contribution in [1.82, 2.24) is 15.2 Å². The van der Waals surface area contributed by atoms with Crippen LogP contribution in [-0.4, -0.2) is 28.5 Å². The number of rotatable bonds is 8. The molecule has 1 aromatic rings. The van der Waals surface area contributed by atoms with E-state index >= 15 is 0 Å². The lowest BCUT2D eigenvalue weighted by atomic mass is 9.99. The molecular weight excluding hydrogens is 264 g/mol. The second-order valence-corrected chi connectivity index (χ2v) is 6.18. The van der Waals surface area contributed by atoms with Crippen LogP contribution in [0.5, 0.6) is 0 Å². The van der Waals surface area contributed by atoms with E-state index in [9.17, 15) is 0 Å². The average Bonchev–Trinajstić information content (AvgIpc) is 3.00. The monoisotopic (exact) mass is 294 g/mol. The largest absolute Gasteiger partial charge is 0.378 e. The van der Waals surface area contributed by atoms with E-state index in [0.717, 1.165) is 38.0 Å². The predicted octanol–water partition coefficient (Wildman–Crippen LogP) is 2.58. The van der Waals surface area contributed by atoms with Gasteiger partial charge in [0.05, 0.1) is 11.8 Å². The third-order valence-electron chi connectivity index (χ3n) is 4.51.